The molecular weight excluding hydrogens is 192 g/mol. The van der Waals surface area contributed by atoms with Crippen LogP contribution in [-0.4, -0.2) is 31.5 Å². The lowest BCUT2D eigenvalue weighted by Gasteiger charge is -2.18. The first-order valence-corrected chi connectivity index (χ1v) is 4.90. The summed E-state index contributed by atoms with van der Waals surface area (Å²) in [6.07, 6.45) is 0. The van der Waals surface area contributed by atoms with E-state index in [4.69, 9.17) is 15.6 Å². The van der Waals surface area contributed by atoms with E-state index in [9.17, 15) is 0 Å². The van der Waals surface area contributed by atoms with Crippen molar-refractivity contribution in [2.45, 2.75) is 13.0 Å². The molecule has 0 saturated carbocycles. The zero-order valence-corrected chi connectivity index (χ0v) is 9.16. The molecule has 0 fully saturated rings. The van der Waals surface area contributed by atoms with Crippen LogP contribution in [0.4, 0.5) is 11.4 Å². The molecule has 1 aromatic carbocycles. The van der Waals surface area contributed by atoms with E-state index >= 15 is 0 Å². The van der Waals surface area contributed by atoms with Crippen LogP contribution in [0.5, 0.6) is 0 Å². The Labute approximate surface area is 90.1 Å². The van der Waals surface area contributed by atoms with Crippen molar-refractivity contribution in [2.24, 2.45) is 0 Å². The first-order valence-electron chi connectivity index (χ1n) is 4.90. The molecule has 4 heteroatoms. The third kappa shape index (κ3) is 3.42. The Morgan fingerprint density at radius 3 is 2.80 bits per heavy atom. The van der Waals surface area contributed by atoms with Crippen LogP contribution in [0.1, 0.15) is 5.56 Å². The number of hydrogen-bond donors (Lipinski definition) is 3. The molecule has 0 saturated heterocycles. The van der Waals surface area contributed by atoms with Gasteiger partial charge in [-0.3, -0.25) is 0 Å². The minimum absolute atomic E-state index is 0.0150. The quantitative estimate of drug-likeness (QED) is 0.634. The van der Waals surface area contributed by atoms with Crippen LogP contribution in [0.25, 0.3) is 0 Å². The van der Waals surface area contributed by atoms with Crippen LogP contribution in [0.15, 0.2) is 18.2 Å². The highest BCUT2D eigenvalue weighted by atomic mass is 16.5. The molecule has 1 atom stereocenters. The van der Waals surface area contributed by atoms with E-state index in [0.717, 1.165) is 11.3 Å². The number of aliphatic hydroxyl groups excluding tert-OH is 1. The Balaban J connectivity index is 2.70. The van der Waals surface area contributed by atoms with Crippen molar-refractivity contribution in [3.05, 3.63) is 23.8 Å². The first kappa shape index (κ1) is 11.8. The second-order valence-electron chi connectivity index (χ2n) is 3.57. The van der Waals surface area contributed by atoms with Gasteiger partial charge >= 0.3 is 0 Å². The van der Waals surface area contributed by atoms with Gasteiger partial charge in [0.15, 0.2) is 0 Å². The van der Waals surface area contributed by atoms with Gasteiger partial charge in [0.25, 0.3) is 0 Å². The first-order chi connectivity index (χ1) is 7.17. The van der Waals surface area contributed by atoms with E-state index in [1.807, 2.05) is 25.1 Å². The summed E-state index contributed by atoms with van der Waals surface area (Å²) >= 11 is 0. The van der Waals surface area contributed by atoms with Crippen molar-refractivity contribution in [3.8, 4) is 0 Å². The van der Waals surface area contributed by atoms with Crippen molar-refractivity contribution in [1.82, 2.24) is 0 Å². The van der Waals surface area contributed by atoms with Crippen molar-refractivity contribution in [3.63, 3.8) is 0 Å². The molecule has 1 aromatic rings. The van der Waals surface area contributed by atoms with Gasteiger partial charge in [-0.05, 0) is 24.6 Å². The van der Waals surface area contributed by atoms with Crippen molar-refractivity contribution >= 4 is 11.4 Å². The van der Waals surface area contributed by atoms with E-state index < -0.39 is 0 Å². The van der Waals surface area contributed by atoms with Crippen LogP contribution in [0.2, 0.25) is 0 Å². The molecule has 0 spiro atoms. The lowest BCUT2D eigenvalue weighted by Crippen LogP contribution is -2.29. The Morgan fingerprint density at radius 1 is 1.53 bits per heavy atom. The van der Waals surface area contributed by atoms with E-state index in [2.05, 4.69) is 5.32 Å². The summed E-state index contributed by atoms with van der Waals surface area (Å²) in [6, 6.07) is 5.65. The molecule has 0 aliphatic carbocycles. The second kappa shape index (κ2) is 5.58. The van der Waals surface area contributed by atoms with Gasteiger partial charge in [0.1, 0.15) is 0 Å². The minimum Gasteiger partial charge on any atom is -0.397 e. The molecule has 0 bridgehead atoms. The lowest BCUT2D eigenvalue weighted by atomic mass is 10.2. The molecule has 0 aromatic heterocycles. The summed E-state index contributed by atoms with van der Waals surface area (Å²) in [5.74, 6) is 0. The van der Waals surface area contributed by atoms with Crippen LogP contribution < -0.4 is 11.1 Å². The Bertz CT molecular complexity index is 315. The van der Waals surface area contributed by atoms with E-state index in [1.54, 1.807) is 7.11 Å². The second-order valence-corrected chi connectivity index (χ2v) is 3.57. The van der Waals surface area contributed by atoms with Crippen LogP contribution in [-0.2, 0) is 4.74 Å². The molecule has 1 rings (SSSR count). The Kier molecular flexibility index (Phi) is 4.39. The Hall–Kier alpha value is -1.26. The van der Waals surface area contributed by atoms with Crippen LogP contribution in [0.3, 0.4) is 0 Å². The number of ether oxygens (including phenoxy) is 1. The summed E-state index contributed by atoms with van der Waals surface area (Å²) in [6.45, 7) is 2.45. The Morgan fingerprint density at radius 2 is 2.27 bits per heavy atom. The fourth-order valence-electron chi connectivity index (χ4n) is 1.37. The highest BCUT2D eigenvalue weighted by molar-refractivity contribution is 5.67. The van der Waals surface area contributed by atoms with Gasteiger partial charge < -0.3 is 20.9 Å². The smallest absolute Gasteiger partial charge is 0.0726 e. The van der Waals surface area contributed by atoms with Crippen molar-refractivity contribution in [1.29, 1.82) is 0 Å². The topological polar surface area (TPSA) is 67.5 Å². The molecule has 15 heavy (non-hydrogen) atoms. The largest absolute Gasteiger partial charge is 0.397 e. The highest BCUT2D eigenvalue weighted by Gasteiger charge is 2.08. The molecule has 84 valence electrons. The van der Waals surface area contributed by atoms with Crippen LogP contribution >= 0.6 is 0 Å². The molecule has 0 heterocycles. The highest BCUT2D eigenvalue weighted by Crippen LogP contribution is 2.20. The van der Waals surface area contributed by atoms with Gasteiger partial charge in [0, 0.05) is 7.11 Å². The van der Waals surface area contributed by atoms with Crippen molar-refractivity contribution < 1.29 is 9.84 Å². The monoisotopic (exact) mass is 210 g/mol. The lowest BCUT2D eigenvalue weighted by molar-refractivity contribution is 0.153. The van der Waals surface area contributed by atoms with Gasteiger partial charge in [-0.2, -0.15) is 0 Å². The number of aliphatic hydroxyl groups is 1. The molecule has 4 nitrogen and oxygen atoms in total. The number of benzene rings is 1. The maximum absolute atomic E-state index is 9.08. The summed E-state index contributed by atoms with van der Waals surface area (Å²) in [4.78, 5) is 0. The number of hydrogen-bond acceptors (Lipinski definition) is 4. The number of rotatable bonds is 5. The molecule has 0 amide bonds. The molecule has 0 radical (unpaired) electrons. The number of nitrogens with one attached hydrogen (secondary N) is 1. The summed E-state index contributed by atoms with van der Waals surface area (Å²) in [5.41, 5.74) is 8.47. The minimum atomic E-state index is -0.125. The number of anilines is 2. The average molecular weight is 210 g/mol. The van der Waals surface area contributed by atoms with Gasteiger partial charge in [0.05, 0.1) is 30.6 Å². The number of nitrogen functional groups attached to an aromatic ring is 1. The fourth-order valence-corrected chi connectivity index (χ4v) is 1.37. The third-order valence-corrected chi connectivity index (χ3v) is 2.15. The zero-order valence-electron chi connectivity index (χ0n) is 9.16. The van der Waals surface area contributed by atoms with Gasteiger partial charge in [-0.15, -0.1) is 0 Å². The number of methoxy groups -OCH3 is 1. The van der Waals surface area contributed by atoms with E-state index in [0.29, 0.717) is 12.3 Å². The van der Waals surface area contributed by atoms with Crippen LogP contribution in [0, 0.1) is 6.92 Å². The van der Waals surface area contributed by atoms with E-state index in [-0.39, 0.29) is 12.6 Å². The molecular formula is C11H18N2O2. The average Bonchev–Trinajstić information content (AvgIpc) is 2.21. The van der Waals surface area contributed by atoms with Gasteiger partial charge in [-0.25, -0.2) is 0 Å². The molecule has 4 N–H and O–H groups in total. The molecule has 1 unspecified atom stereocenters. The molecule has 0 aliphatic heterocycles. The standard InChI is InChI=1S/C11H18N2O2/c1-8-3-4-11(10(12)5-8)13-9(6-14)7-15-2/h3-5,9,13-14H,6-7,12H2,1-2H3. The predicted octanol–water partition coefficient (Wildman–Crippen LogP) is 0.996. The summed E-state index contributed by atoms with van der Waals surface area (Å²) in [5, 5.41) is 12.2. The summed E-state index contributed by atoms with van der Waals surface area (Å²) in [7, 11) is 1.60. The third-order valence-electron chi connectivity index (χ3n) is 2.15. The SMILES string of the molecule is COCC(CO)Nc1ccc(C)cc1N. The number of nitrogens with two attached hydrogens (primary N) is 1. The fraction of sp³-hybridized carbons (Fsp3) is 0.455. The predicted molar refractivity (Wildman–Crippen MR) is 62.0 cm³/mol. The van der Waals surface area contributed by atoms with Crippen molar-refractivity contribution in [2.75, 3.05) is 31.4 Å². The number of aryl methyl sites for hydroxylation is 1. The van der Waals surface area contributed by atoms with E-state index in [1.165, 1.54) is 0 Å². The molecule has 0 aliphatic rings. The normalized spacial score (nSPS) is 12.5. The van der Waals surface area contributed by atoms with Gasteiger partial charge in [0.2, 0.25) is 0 Å². The van der Waals surface area contributed by atoms with Gasteiger partial charge in [-0.1, -0.05) is 6.07 Å². The maximum Gasteiger partial charge on any atom is 0.0726 e. The maximum atomic E-state index is 9.08. The zero-order chi connectivity index (χ0) is 11.3. The summed E-state index contributed by atoms with van der Waals surface area (Å²) < 4.78 is 4.97.